The topological polar surface area (TPSA) is 97.5 Å². The molecule has 1 atom stereocenters. The van der Waals surface area contributed by atoms with E-state index in [0.29, 0.717) is 23.2 Å². The van der Waals surface area contributed by atoms with Crippen molar-refractivity contribution in [2.75, 3.05) is 7.11 Å². The van der Waals surface area contributed by atoms with Crippen LogP contribution in [0.3, 0.4) is 0 Å². The van der Waals surface area contributed by atoms with Crippen molar-refractivity contribution < 1.29 is 23.9 Å². The molecule has 7 heteroatoms. The molecule has 0 saturated heterocycles. The number of aromatic amines is 1. The van der Waals surface area contributed by atoms with E-state index in [1.165, 1.54) is 13.5 Å². The number of methoxy groups -OCH3 is 1. The number of aryl methyl sites for hydroxylation is 1. The molecule has 26 heavy (non-hydrogen) atoms. The Morgan fingerprint density at radius 2 is 1.85 bits per heavy atom. The van der Waals surface area contributed by atoms with Crippen molar-refractivity contribution >= 4 is 17.8 Å². The first kappa shape index (κ1) is 20.0. The molecule has 2 rings (SSSR count). The van der Waals surface area contributed by atoms with Gasteiger partial charge in [0.25, 0.3) is 5.91 Å². The van der Waals surface area contributed by atoms with Gasteiger partial charge >= 0.3 is 11.9 Å². The van der Waals surface area contributed by atoms with Crippen LogP contribution in [0.4, 0.5) is 0 Å². The van der Waals surface area contributed by atoms with Crippen LogP contribution in [0, 0.1) is 6.92 Å². The van der Waals surface area contributed by atoms with E-state index in [4.69, 9.17) is 9.47 Å². The lowest BCUT2D eigenvalue weighted by Gasteiger charge is -2.24. The molecular formula is C19H28N2O5. The van der Waals surface area contributed by atoms with Crippen molar-refractivity contribution in [1.82, 2.24) is 10.3 Å². The highest BCUT2D eigenvalue weighted by molar-refractivity contribution is 5.99. The Morgan fingerprint density at radius 1 is 1.19 bits per heavy atom. The fraction of sp³-hybridized carbons (Fsp3) is 0.632. The van der Waals surface area contributed by atoms with Crippen molar-refractivity contribution in [2.24, 2.45) is 0 Å². The van der Waals surface area contributed by atoms with Crippen LogP contribution >= 0.6 is 0 Å². The Kier molecular flexibility index (Phi) is 6.83. The van der Waals surface area contributed by atoms with Gasteiger partial charge in [-0.1, -0.05) is 26.2 Å². The van der Waals surface area contributed by atoms with Crippen molar-refractivity contribution in [1.29, 1.82) is 0 Å². The molecule has 1 saturated carbocycles. The number of carbonyl (C=O) groups excluding carboxylic acids is 3. The van der Waals surface area contributed by atoms with Crippen LogP contribution < -0.4 is 5.32 Å². The molecule has 2 N–H and O–H groups in total. The van der Waals surface area contributed by atoms with Crippen LogP contribution in [0.5, 0.6) is 0 Å². The zero-order valence-corrected chi connectivity index (χ0v) is 15.9. The summed E-state index contributed by atoms with van der Waals surface area (Å²) in [5.74, 6) is -1.45. The molecule has 0 bridgehead atoms. The summed E-state index contributed by atoms with van der Waals surface area (Å²) in [6, 6.07) is 0.155. The molecule has 1 amide bonds. The highest BCUT2D eigenvalue weighted by Gasteiger charge is 2.27. The maximum Gasteiger partial charge on any atom is 0.355 e. The van der Waals surface area contributed by atoms with Crippen molar-refractivity contribution in [3.05, 3.63) is 22.5 Å². The molecule has 1 aromatic heterocycles. The van der Waals surface area contributed by atoms with E-state index in [0.717, 1.165) is 25.7 Å². The Balaban J connectivity index is 2.05. The summed E-state index contributed by atoms with van der Waals surface area (Å²) in [6.45, 7) is 5.08. The van der Waals surface area contributed by atoms with E-state index >= 15 is 0 Å². The normalized spacial score (nSPS) is 16.0. The molecule has 1 aliphatic rings. The second-order valence-electron chi connectivity index (χ2n) is 6.71. The second kappa shape index (κ2) is 8.87. The summed E-state index contributed by atoms with van der Waals surface area (Å²) in [4.78, 5) is 39.6. The van der Waals surface area contributed by atoms with Gasteiger partial charge in [0.1, 0.15) is 5.69 Å². The number of amides is 1. The summed E-state index contributed by atoms with van der Waals surface area (Å²) in [6.07, 6.45) is 4.98. The average molecular weight is 364 g/mol. The number of aromatic nitrogens is 1. The highest BCUT2D eigenvalue weighted by atomic mass is 16.5. The van der Waals surface area contributed by atoms with Gasteiger partial charge in [0, 0.05) is 11.7 Å². The predicted molar refractivity (Wildman–Crippen MR) is 96.1 cm³/mol. The van der Waals surface area contributed by atoms with E-state index in [2.05, 4.69) is 10.3 Å². The average Bonchev–Trinajstić information content (AvgIpc) is 2.98. The highest BCUT2D eigenvalue weighted by Crippen LogP contribution is 2.22. The molecule has 0 spiro atoms. The molecule has 7 nitrogen and oxygen atoms in total. The van der Waals surface area contributed by atoms with Gasteiger partial charge in [-0.3, -0.25) is 4.79 Å². The lowest BCUT2D eigenvalue weighted by atomic mass is 9.95. The maximum atomic E-state index is 12.5. The standard InChI is InChI=1S/C19H28N2O5/c1-5-14-15(18(23)25-4)11(2)16(21-14)19(24)26-12(3)17(22)20-13-9-7-6-8-10-13/h12-13,21H,5-10H2,1-4H3,(H,20,22). The van der Waals surface area contributed by atoms with E-state index in [9.17, 15) is 14.4 Å². The molecule has 0 aliphatic heterocycles. The number of carbonyl (C=O) groups is 3. The first-order valence-corrected chi connectivity index (χ1v) is 9.20. The molecule has 0 aromatic carbocycles. The van der Waals surface area contributed by atoms with Gasteiger partial charge in [-0.05, 0) is 38.7 Å². The molecule has 0 radical (unpaired) electrons. The molecule has 1 aliphatic carbocycles. The Morgan fingerprint density at radius 3 is 2.42 bits per heavy atom. The van der Waals surface area contributed by atoms with Gasteiger partial charge in [0.2, 0.25) is 0 Å². The minimum absolute atomic E-state index is 0.155. The minimum Gasteiger partial charge on any atom is -0.465 e. The monoisotopic (exact) mass is 364 g/mol. The van der Waals surface area contributed by atoms with Crippen molar-refractivity contribution in [2.45, 2.75) is 71.4 Å². The Labute approximate surface area is 153 Å². The minimum atomic E-state index is -0.904. The van der Waals surface area contributed by atoms with Gasteiger partial charge in [-0.15, -0.1) is 0 Å². The quantitative estimate of drug-likeness (QED) is 0.756. The number of ether oxygens (including phenoxy) is 2. The smallest absolute Gasteiger partial charge is 0.355 e. The third-order valence-electron chi connectivity index (χ3n) is 4.88. The van der Waals surface area contributed by atoms with Gasteiger partial charge in [0.05, 0.1) is 12.7 Å². The number of H-pyrrole nitrogens is 1. The first-order chi connectivity index (χ1) is 12.4. The molecule has 1 heterocycles. The largest absolute Gasteiger partial charge is 0.465 e. The SMILES string of the molecule is CCc1[nH]c(C(=O)OC(C)C(=O)NC2CCCCC2)c(C)c1C(=O)OC. The number of hydrogen-bond donors (Lipinski definition) is 2. The summed E-state index contributed by atoms with van der Waals surface area (Å²) >= 11 is 0. The van der Waals surface area contributed by atoms with Crippen LogP contribution in [0.15, 0.2) is 0 Å². The van der Waals surface area contributed by atoms with E-state index < -0.39 is 18.0 Å². The number of hydrogen-bond acceptors (Lipinski definition) is 5. The van der Waals surface area contributed by atoms with E-state index in [1.54, 1.807) is 13.8 Å². The first-order valence-electron chi connectivity index (χ1n) is 9.20. The third kappa shape index (κ3) is 4.45. The maximum absolute atomic E-state index is 12.5. The number of nitrogens with one attached hydrogen (secondary N) is 2. The fourth-order valence-corrected chi connectivity index (χ4v) is 3.34. The molecule has 1 fully saturated rings. The molecule has 1 aromatic rings. The zero-order valence-electron chi connectivity index (χ0n) is 15.9. The lowest BCUT2D eigenvalue weighted by molar-refractivity contribution is -0.130. The summed E-state index contributed by atoms with van der Waals surface area (Å²) in [5, 5.41) is 2.94. The zero-order chi connectivity index (χ0) is 19.3. The van der Waals surface area contributed by atoms with Gasteiger partial charge < -0.3 is 19.8 Å². The summed E-state index contributed by atoms with van der Waals surface area (Å²) in [7, 11) is 1.30. The molecular weight excluding hydrogens is 336 g/mol. The van der Waals surface area contributed by atoms with Crippen LogP contribution in [-0.2, 0) is 20.7 Å². The third-order valence-corrected chi connectivity index (χ3v) is 4.88. The Bertz CT molecular complexity index is 674. The van der Waals surface area contributed by atoms with Crippen LogP contribution in [-0.4, -0.2) is 42.1 Å². The summed E-state index contributed by atoms with van der Waals surface area (Å²) < 4.78 is 10.1. The van der Waals surface area contributed by atoms with Crippen LogP contribution in [0.2, 0.25) is 0 Å². The second-order valence-corrected chi connectivity index (χ2v) is 6.71. The van der Waals surface area contributed by atoms with Gasteiger partial charge in [-0.25, -0.2) is 9.59 Å². The summed E-state index contributed by atoms with van der Waals surface area (Å²) in [5.41, 5.74) is 1.61. The van der Waals surface area contributed by atoms with Gasteiger partial charge in [0.15, 0.2) is 6.10 Å². The Hall–Kier alpha value is -2.31. The fourth-order valence-electron chi connectivity index (χ4n) is 3.34. The van der Waals surface area contributed by atoms with Crippen LogP contribution in [0.25, 0.3) is 0 Å². The van der Waals surface area contributed by atoms with Crippen molar-refractivity contribution in [3.8, 4) is 0 Å². The number of esters is 2. The molecule has 1 unspecified atom stereocenters. The van der Waals surface area contributed by atoms with Crippen molar-refractivity contribution in [3.63, 3.8) is 0 Å². The van der Waals surface area contributed by atoms with Crippen LogP contribution in [0.1, 0.15) is 78.1 Å². The van der Waals surface area contributed by atoms with E-state index in [-0.39, 0.29) is 17.6 Å². The number of rotatable bonds is 6. The molecule has 144 valence electrons. The lowest BCUT2D eigenvalue weighted by Crippen LogP contribution is -2.42. The van der Waals surface area contributed by atoms with Gasteiger partial charge in [-0.2, -0.15) is 0 Å². The predicted octanol–water partition coefficient (Wildman–Crippen LogP) is 2.67. The van der Waals surface area contributed by atoms with E-state index in [1.807, 2.05) is 6.92 Å².